The molecule has 3 aromatic heterocycles. The molecule has 2 fully saturated rings. The lowest BCUT2D eigenvalue weighted by atomic mass is 10.0. The summed E-state index contributed by atoms with van der Waals surface area (Å²) in [4.78, 5) is 58.7. The van der Waals surface area contributed by atoms with Gasteiger partial charge in [0.15, 0.2) is 0 Å². The van der Waals surface area contributed by atoms with Gasteiger partial charge in [-0.25, -0.2) is 19.6 Å². The van der Waals surface area contributed by atoms with Crippen LogP contribution in [0.5, 0.6) is 11.5 Å². The van der Waals surface area contributed by atoms with Gasteiger partial charge in [-0.15, -0.1) is 0 Å². The number of nitrogens with one attached hydrogen (secondary N) is 4. The first-order chi connectivity index (χ1) is 33.9. The second-order valence-corrected chi connectivity index (χ2v) is 18.9. The summed E-state index contributed by atoms with van der Waals surface area (Å²) in [5.41, 5.74) is 7.20. The minimum atomic E-state index is -0.935. The van der Waals surface area contributed by atoms with Gasteiger partial charge in [0.25, 0.3) is 0 Å². The lowest BCUT2D eigenvalue weighted by Gasteiger charge is -2.35. The molecule has 18 heteroatoms. The maximum absolute atomic E-state index is 13.9. The van der Waals surface area contributed by atoms with Crippen LogP contribution in [-0.2, 0) is 19.0 Å². The van der Waals surface area contributed by atoms with E-state index in [2.05, 4.69) is 61.6 Å². The number of nitrogens with zero attached hydrogens (tertiary/aromatic N) is 5. The molecule has 2 saturated heterocycles. The van der Waals surface area contributed by atoms with Crippen molar-refractivity contribution >= 4 is 29.0 Å². The van der Waals surface area contributed by atoms with Gasteiger partial charge in [-0.2, -0.15) is 0 Å². The number of carbonyl (C=O) groups excluding carboxylic acids is 3. The number of hydrogen-bond acceptors (Lipinski definition) is 12. The van der Waals surface area contributed by atoms with E-state index in [4.69, 9.17) is 33.7 Å². The zero-order valence-electron chi connectivity index (χ0n) is 40.7. The number of likely N-dealkylation sites (tertiary alicyclic amines) is 2. The predicted molar refractivity (Wildman–Crippen MR) is 262 cm³/mol. The standard InChI is InChI=1S/C52H63N9O9/c1-29(2)44(57-51(64)67-6)48(62)59-19-9-13-40(59)46-53-27-37(55-46)31-16-18-39-34(23-31)25-42-36-17-15-32(26-43(36)70-50(61(39)42)33-11-8-12-35(24-33)69-22-21-66-5)38-28-54-47(56-38)41-14-10-20-60(41)49(63)45(30(3)4)58-52(65)68-7/h8,11-12,15-18,23-30,40-41,44-45,48,50,62H,9-10,13-14,19-22H2,1-7H3,(H,53,55)(H,54,56)(H,57,64)(H,58,65). The summed E-state index contributed by atoms with van der Waals surface area (Å²) >= 11 is 0. The van der Waals surface area contributed by atoms with E-state index in [9.17, 15) is 19.5 Å². The largest absolute Gasteiger partial charge is 0.491 e. The highest BCUT2D eigenvalue weighted by Gasteiger charge is 2.40. The van der Waals surface area contributed by atoms with E-state index in [0.717, 1.165) is 81.7 Å². The van der Waals surface area contributed by atoms with Crippen LogP contribution < -0.4 is 20.1 Å². The van der Waals surface area contributed by atoms with Crippen molar-refractivity contribution in [3.63, 3.8) is 0 Å². The third kappa shape index (κ3) is 9.54. The van der Waals surface area contributed by atoms with Crippen molar-refractivity contribution < 1.29 is 43.2 Å². The molecule has 0 aliphatic carbocycles. The molecule has 0 saturated carbocycles. The second kappa shape index (κ2) is 20.6. The van der Waals surface area contributed by atoms with Crippen molar-refractivity contribution in [2.24, 2.45) is 11.8 Å². The van der Waals surface area contributed by atoms with Crippen LogP contribution in [0, 0.1) is 11.8 Å². The van der Waals surface area contributed by atoms with E-state index >= 15 is 0 Å². The molecule has 70 heavy (non-hydrogen) atoms. The maximum Gasteiger partial charge on any atom is 0.407 e. The van der Waals surface area contributed by atoms with Crippen LogP contribution in [0.4, 0.5) is 9.59 Å². The molecule has 9 rings (SSSR count). The molecule has 3 aliphatic rings. The van der Waals surface area contributed by atoms with E-state index in [0.29, 0.717) is 43.6 Å². The third-order valence-corrected chi connectivity index (χ3v) is 13.8. The number of aliphatic hydroxyl groups excluding tert-OH is 1. The normalized spacial score (nSPS) is 19.1. The van der Waals surface area contributed by atoms with Gasteiger partial charge in [-0.05, 0) is 80.0 Å². The monoisotopic (exact) mass is 957 g/mol. The molecule has 3 aromatic carbocycles. The molecule has 18 nitrogen and oxygen atoms in total. The SMILES string of the molecule is COCCOc1cccc(C2Oc3cc(-c4cnc(C5CCCN5C(=O)C(NC(=O)OC)C(C)C)[nH]4)ccc3-c3cc4cc(-c5cnc(C6CCCN6C(O)C(NC(=O)OC)C(C)C)[nH]5)ccc4n32)c1. The molecule has 6 unspecified atom stereocenters. The Balaban J connectivity index is 1.03. The summed E-state index contributed by atoms with van der Waals surface area (Å²) in [7, 11) is 4.25. The molecule has 3 aliphatic heterocycles. The topological polar surface area (TPSA) is 210 Å². The summed E-state index contributed by atoms with van der Waals surface area (Å²) < 4.78 is 30.2. The Hall–Kier alpha value is -6.89. The predicted octanol–water partition coefficient (Wildman–Crippen LogP) is 7.93. The highest BCUT2D eigenvalue weighted by atomic mass is 16.5. The van der Waals surface area contributed by atoms with Crippen molar-refractivity contribution in [1.29, 1.82) is 0 Å². The summed E-state index contributed by atoms with van der Waals surface area (Å²) in [5.74, 6) is 2.46. The maximum atomic E-state index is 13.9. The molecule has 6 atom stereocenters. The number of ether oxygens (including phenoxy) is 5. The molecule has 0 bridgehead atoms. The van der Waals surface area contributed by atoms with Gasteiger partial charge in [0.1, 0.15) is 42.0 Å². The van der Waals surface area contributed by atoms with E-state index in [1.54, 1.807) is 18.2 Å². The van der Waals surface area contributed by atoms with Gasteiger partial charge >= 0.3 is 12.2 Å². The minimum Gasteiger partial charge on any atom is -0.491 e. The van der Waals surface area contributed by atoms with E-state index in [-0.39, 0.29) is 29.8 Å². The molecular formula is C52H63N9O9. The number of carbonyl (C=O) groups is 3. The molecule has 0 radical (unpaired) electrons. The number of aliphatic hydroxyl groups is 1. The Bertz CT molecular complexity index is 2840. The number of benzene rings is 3. The number of imidazole rings is 2. The first-order valence-corrected chi connectivity index (χ1v) is 24.1. The molecule has 6 aromatic rings. The van der Waals surface area contributed by atoms with E-state index in [1.807, 2.05) is 69.1 Å². The van der Waals surface area contributed by atoms with Gasteiger partial charge in [0.2, 0.25) is 12.1 Å². The van der Waals surface area contributed by atoms with Crippen LogP contribution in [0.1, 0.15) is 88.9 Å². The van der Waals surface area contributed by atoms with Gasteiger partial charge in [-0.1, -0.05) is 52.0 Å². The average molecular weight is 958 g/mol. The summed E-state index contributed by atoms with van der Waals surface area (Å²) in [6, 6.07) is 20.9. The average Bonchev–Trinajstić information content (AvgIpc) is 4.23. The highest BCUT2D eigenvalue weighted by Crippen LogP contribution is 2.47. The number of methoxy groups -OCH3 is 3. The molecule has 3 amide bonds. The number of H-pyrrole nitrogens is 2. The Morgan fingerprint density at radius 2 is 1.49 bits per heavy atom. The summed E-state index contributed by atoms with van der Waals surface area (Å²) in [6.45, 7) is 9.79. The first-order valence-electron chi connectivity index (χ1n) is 24.1. The highest BCUT2D eigenvalue weighted by molar-refractivity contribution is 5.92. The van der Waals surface area contributed by atoms with E-state index < -0.39 is 36.7 Å². The minimum absolute atomic E-state index is 0.0409. The van der Waals surface area contributed by atoms with Gasteiger partial charge in [-0.3, -0.25) is 9.69 Å². The lowest BCUT2D eigenvalue weighted by Crippen LogP contribution is -2.54. The quantitative estimate of drug-likeness (QED) is 0.0586. The Labute approximate surface area is 407 Å². The fourth-order valence-corrected chi connectivity index (χ4v) is 10.1. The number of aromatic amines is 2. The molecule has 370 valence electrons. The van der Waals surface area contributed by atoms with Crippen molar-refractivity contribution in [1.82, 2.24) is 44.9 Å². The van der Waals surface area contributed by atoms with Crippen LogP contribution in [-0.4, -0.2) is 123 Å². The number of amides is 3. The first kappa shape index (κ1) is 48.1. The number of rotatable bonds is 16. The van der Waals surface area contributed by atoms with Gasteiger partial charge in [0.05, 0.1) is 73.9 Å². The fraction of sp³-hybridized carbons (Fsp3) is 0.442. The molecular weight excluding hydrogens is 895 g/mol. The molecule has 5 N–H and O–H groups in total. The van der Waals surface area contributed by atoms with Crippen molar-refractivity contribution in [2.75, 3.05) is 47.6 Å². The Kier molecular flexibility index (Phi) is 14.2. The molecule has 0 spiro atoms. The number of aromatic nitrogens is 5. The smallest absolute Gasteiger partial charge is 0.407 e. The second-order valence-electron chi connectivity index (χ2n) is 18.9. The van der Waals surface area contributed by atoms with Crippen molar-refractivity contribution in [3.8, 4) is 45.3 Å². The van der Waals surface area contributed by atoms with Crippen LogP contribution in [0.3, 0.4) is 0 Å². The molecule has 6 heterocycles. The number of alkyl carbamates (subject to hydrolysis) is 2. The van der Waals surface area contributed by atoms with Crippen LogP contribution in [0.2, 0.25) is 0 Å². The Morgan fingerprint density at radius 3 is 2.20 bits per heavy atom. The zero-order chi connectivity index (χ0) is 49.2. The third-order valence-electron chi connectivity index (χ3n) is 13.8. The van der Waals surface area contributed by atoms with Crippen molar-refractivity contribution in [2.45, 2.75) is 90.0 Å². The Morgan fingerprint density at radius 1 is 0.800 bits per heavy atom. The number of hydrogen-bond donors (Lipinski definition) is 5. The van der Waals surface area contributed by atoms with Gasteiger partial charge < -0.3 is 58.9 Å². The van der Waals surface area contributed by atoms with Crippen LogP contribution in [0.15, 0.2) is 79.1 Å². The van der Waals surface area contributed by atoms with Crippen LogP contribution in [0.25, 0.3) is 44.7 Å². The van der Waals surface area contributed by atoms with Crippen molar-refractivity contribution in [3.05, 3.63) is 96.3 Å². The fourth-order valence-electron chi connectivity index (χ4n) is 10.1. The summed E-state index contributed by atoms with van der Waals surface area (Å²) in [5, 5.41) is 18.1. The van der Waals surface area contributed by atoms with Gasteiger partial charge in [0, 0.05) is 47.8 Å². The summed E-state index contributed by atoms with van der Waals surface area (Å²) in [6.07, 6.45) is 4.14. The zero-order valence-corrected chi connectivity index (χ0v) is 40.7. The lowest BCUT2D eigenvalue weighted by molar-refractivity contribution is -0.135. The van der Waals surface area contributed by atoms with E-state index in [1.165, 1.54) is 14.2 Å². The number of fused-ring (bicyclic) bond motifs is 5. The van der Waals surface area contributed by atoms with Crippen LogP contribution >= 0.6 is 0 Å².